The molecule has 1 aliphatic heterocycles. The van der Waals surface area contributed by atoms with Gasteiger partial charge in [0, 0.05) is 39.6 Å². The molecule has 3 N–H and O–H groups in total. The number of aliphatic hydroxyl groups is 1. The lowest BCUT2D eigenvalue weighted by atomic mass is 9.83. The number of hydrogen-bond acceptors (Lipinski definition) is 4. The van der Waals surface area contributed by atoms with Crippen molar-refractivity contribution in [2.45, 2.75) is 32.3 Å². The number of rotatable bonds is 4. The fourth-order valence-corrected chi connectivity index (χ4v) is 6.99. The van der Waals surface area contributed by atoms with Gasteiger partial charge in [-0.2, -0.15) is 0 Å². The van der Waals surface area contributed by atoms with Crippen LogP contribution in [0.4, 0.5) is 21.5 Å². The maximum atomic E-state index is 14.4. The predicted molar refractivity (Wildman–Crippen MR) is 194 cm³/mol. The SMILES string of the molecule is C1=CNc2ccccc2C=C1.Cc1ccccc1Nc1ccc(C(=O)C2=c3ccc4c(c3CCC2)C(O)C=c2c(F)cccc2=4)c(Cl)c1. The molecule has 6 heteroatoms. The van der Waals surface area contributed by atoms with Crippen LogP contribution in [0.3, 0.4) is 0 Å². The number of anilines is 3. The summed E-state index contributed by atoms with van der Waals surface area (Å²) in [5.74, 6) is -0.452. The molecule has 5 aromatic rings. The minimum absolute atomic E-state index is 0.103. The third kappa shape index (κ3) is 6.11. The molecule has 3 aliphatic rings. The average Bonchev–Trinajstić information content (AvgIpc) is 3.35. The van der Waals surface area contributed by atoms with Gasteiger partial charge in [0.15, 0.2) is 5.78 Å². The third-order valence-corrected chi connectivity index (χ3v) is 9.41. The van der Waals surface area contributed by atoms with E-state index in [-0.39, 0.29) is 11.6 Å². The van der Waals surface area contributed by atoms with Gasteiger partial charge in [0.25, 0.3) is 0 Å². The molecule has 1 atom stereocenters. The topological polar surface area (TPSA) is 61.4 Å². The van der Waals surface area contributed by atoms with Crippen molar-refractivity contribution in [2.75, 3.05) is 10.6 Å². The lowest BCUT2D eigenvalue weighted by Crippen LogP contribution is -2.27. The van der Waals surface area contributed by atoms with Crippen LogP contribution in [0.15, 0.2) is 115 Å². The number of halogens is 2. The molecule has 0 bridgehead atoms. The lowest BCUT2D eigenvalue weighted by molar-refractivity contribution is 0.105. The van der Waals surface area contributed by atoms with Gasteiger partial charge in [-0.1, -0.05) is 84.4 Å². The van der Waals surface area contributed by atoms with Gasteiger partial charge in [-0.25, -0.2) is 4.39 Å². The molecule has 4 nitrogen and oxygen atoms in total. The first-order chi connectivity index (χ1) is 23.4. The Morgan fingerprint density at radius 1 is 0.896 bits per heavy atom. The lowest BCUT2D eigenvalue weighted by Gasteiger charge is -2.23. The molecule has 0 fully saturated rings. The van der Waals surface area contributed by atoms with Crippen LogP contribution < -0.4 is 21.1 Å². The molecular formula is C42H34ClFN2O2. The second kappa shape index (κ2) is 13.5. The van der Waals surface area contributed by atoms with Gasteiger partial charge in [0.05, 0.1) is 11.1 Å². The number of aryl methyl sites for hydroxylation is 1. The zero-order valence-corrected chi connectivity index (χ0v) is 27.2. The second-order valence-corrected chi connectivity index (χ2v) is 12.5. The van der Waals surface area contributed by atoms with Crippen molar-refractivity contribution in [3.8, 4) is 0 Å². The Labute approximate surface area is 283 Å². The summed E-state index contributed by atoms with van der Waals surface area (Å²) in [6.07, 6.45) is 10.8. The maximum absolute atomic E-state index is 14.4. The van der Waals surface area contributed by atoms with E-state index >= 15 is 0 Å². The Bertz CT molecular complexity index is 2360. The first-order valence-electron chi connectivity index (χ1n) is 16.1. The number of nitrogens with one attached hydrogen (secondary N) is 2. The van der Waals surface area contributed by atoms with E-state index in [0.29, 0.717) is 27.8 Å². The number of carbonyl (C=O) groups is 1. The highest BCUT2D eigenvalue weighted by Crippen LogP contribution is 2.31. The van der Waals surface area contributed by atoms with Crippen LogP contribution in [-0.2, 0) is 6.42 Å². The highest BCUT2D eigenvalue weighted by Gasteiger charge is 2.25. The van der Waals surface area contributed by atoms with Crippen LogP contribution >= 0.6 is 11.6 Å². The van der Waals surface area contributed by atoms with Gasteiger partial charge in [-0.3, -0.25) is 4.79 Å². The average molecular weight is 653 g/mol. The molecule has 0 amide bonds. The minimum Gasteiger partial charge on any atom is -0.384 e. The second-order valence-electron chi connectivity index (χ2n) is 12.1. The highest BCUT2D eigenvalue weighted by molar-refractivity contribution is 6.38. The first-order valence-corrected chi connectivity index (χ1v) is 16.5. The van der Waals surface area contributed by atoms with E-state index in [4.69, 9.17) is 11.6 Å². The van der Waals surface area contributed by atoms with E-state index in [1.165, 1.54) is 11.6 Å². The molecule has 0 aromatic heterocycles. The fraction of sp³-hybridized carbons (Fsp3) is 0.119. The van der Waals surface area contributed by atoms with Crippen LogP contribution in [0.1, 0.15) is 51.6 Å². The van der Waals surface area contributed by atoms with Gasteiger partial charge in [0.1, 0.15) is 5.82 Å². The number of para-hydroxylation sites is 2. The molecule has 0 radical (unpaired) electrons. The van der Waals surface area contributed by atoms with E-state index < -0.39 is 6.10 Å². The van der Waals surface area contributed by atoms with Crippen molar-refractivity contribution in [1.29, 1.82) is 0 Å². The van der Waals surface area contributed by atoms with E-state index in [1.54, 1.807) is 24.3 Å². The van der Waals surface area contributed by atoms with Crippen molar-refractivity contribution in [1.82, 2.24) is 0 Å². The van der Waals surface area contributed by atoms with Crippen molar-refractivity contribution < 1.29 is 14.3 Å². The van der Waals surface area contributed by atoms with Crippen LogP contribution in [0, 0.1) is 23.2 Å². The number of aliphatic hydroxyl groups excluding tert-OH is 1. The van der Waals surface area contributed by atoms with Gasteiger partial charge in [0.2, 0.25) is 0 Å². The molecule has 238 valence electrons. The monoisotopic (exact) mass is 652 g/mol. The number of Topliss-reactive ketones (excluding diaryl/α,β-unsaturated/α-hetero) is 1. The smallest absolute Gasteiger partial charge is 0.191 e. The molecule has 5 aromatic carbocycles. The number of benzene rings is 5. The Hall–Kier alpha value is -5.23. The summed E-state index contributed by atoms with van der Waals surface area (Å²) in [7, 11) is 0. The molecule has 0 saturated carbocycles. The van der Waals surface area contributed by atoms with Crippen molar-refractivity contribution in [3.63, 3.8) is 0 Å². The number of allylic oxidation sites excluding steroid dienone is 2. The van der Waals surface area contributed by atoms with E-state index in [1.807, 2.05) is 85.9 Å². The maximum Gasteiger partial charge on any atom is 0.191 e. The largest absolute Gasteiger partial charge is 0.384 e. The number of fused-ring (bicyclic) bond motifs is 5. The zero-order valence-electron chi connectivity index (χ0n) is 26.4. The quantitative estimate of drug-likeness (QED) is 0.170. The fourth-order valence-electron chi connectivity index (χ4n) is 6.72. The summed E-state index contributed by atoms with van der Waals surface area (Å²) in [6, 6.07) is 30.4. The number of ketones is 1. The number of carbonyl (C=O) groups excluding carboxylic acids is 1. The number of hydrogen-bond donors (Lipinski definition) is 3. The third-order valence-electron chi connectivity index (χ3n) is 9.09. The molecule has 8 rings (SSSR count). The Kier molecular flexibility index (Phi) is 8.81. The summed E-state index contributed by atoms with van der Waals surface area (Å²) >= 11 is 6.63. The summed E-state index contributed by atoms with van der Waals surface area (Å²) in [4.78, 5) is 13.7. The van der Waals surface area contributed by atoms with E-state index in [0.717, 1.165) is 62.3 Å². The molecular weight excluding hydrogens is 619 g/mol. The van der Waals surface area contributed by atoms with E-state index in [9.17, 15) is 14.3 Å². The van der Waals surface area contributed by atoms with Crippen molar-refractivity contribution >= 4 is 52.2 Å². The standard InChI is InChI=1S/C32H25ClFNO2.C10H9N/c1-18-6-2-3-11-29(18)35-19-12-13-25(27(33)16-19)32(37)24-9-4-8-22-21(24)14-15-23-20-7-5-10-28(34)26(20)17-30(36)31(22)23;1-2-7-10-9(5-1)6-3-4-8-11-10/h2-3,5-7,10-17,30,35-36H,4,8-9H2,1H3;1-8,11H. The van der Waals surface area contributed by atoms with E-state index in [2.05, 4.69) is 28.8 Å². The Morgan fingerprint density at radius 2 is 1.71 bits per heavy atom. The molecule has 0 saturated heterocycles. The van der Waals surface area contributed by atoms with Crippen LogP contribution in [-0.4, -0.2) is 10.9 Å². The molecule has 0 spiro atoms. The first kappa shape index (κ1) is 31.4. The highest BCUT2D eigenvalue weighted by atomic mass is 35.5. The summed E-state index contributed by atoms with van der Waals surface area (Å²) < 4.78 is 14.4. The van der Waals surface area contributed by atoms with Gasteiger partial charge in [-0.05, 0) is 113 Å². The van der Waals surface area contributed by atoms with Crippen LogP contribution in [0.5, 0.6) is 0 Å². The predicted octanol–water partition coefficient (Wildman–Crippen LogP) is 8.65. The normalized spacial score (nSPS) is 15.2. The summed E-state index contributed by atoms with van der Waals surface area (Å²) in [5, 5.41) is 20.8. The van der Waals surface area contributed by atoms with Gasteiger partial charge >= 0.3 is 0 Å². The van der Waals surface area contributed by atoms with Crippen LogP contribution in [0.2, 0.25) is 5.02 Å². The molecule has 2 aliphatic carbocycles. The molecule has 1 unspecified atom stereocenters. The summed E-state index contributed by atoms with van der Waals surface area (Å²) in [5.41, 5.74) is 8.18. The minimum atomic E-state index is -0.931. The zero-order chi connectivity index (χ0) is 33.2. The van der Waals surface area contributed by atoms with Gasteiger partial charge < -0.3 is 15.7 Å². The molecule has 48 heavy (non-hydrogen) atoms. The molecule has 1 heterocycles. The van der Waals surface area contributed by atoms with Crippen molar-refractivity contribution in [3.05, 3.63) is 175 Å². The van der Waals surface area contributed by atoms with Crippen LogP contribution in [0.25, 0.3) is 17.7 Å². The van der Waals surface area contributed by atoms with Crippen molar-refractivity contribution in [2.24, 2.45) is 0 Å². The Morgan fingerprint density at radius 3 is 2.56 bits per heavy atom. The Balaban J connectivity index is 0.000000280. The summed E-state index contributed by atoms with van der Waals surface area (Å²) in [6.45, 7) is 2.03. The van der Waals surface area contributed by atoms with Gasteiger partial charge in [-0.15, -0.1) is 0 Å².